The van der Waals surface area contributed by atoms with E-state index in [1.807, 2.05) is 52.0 Å². The molecule has 0 radical (unpaired) electrons. The first-order valence-electron chi connectivity index (χ1n) is 5.09. The minimum Gasteiger partial charge on any atom is -0.294 e. The zero-order valence-corrected chi connectivity index (χ0v) is 9.42. The Morgan fingerprint density at radius 3 is 2.50 bits per heavy atom. The summed E-state index contributed by atoms with van der Waals surface area (Å²) in [6.45, 7) is 8.05. The third-order valence-electron chi connectivity index (χ3n) is 2.78. The predicted octanol–water partition coefficient (Wildman–Crippen LogP) is 3.61. The molecule has 0 aliphatic carbocycles. The quantitative estimate of drug-likeness (QED) is 0.665. The summed E-state index contributed by atoms with van der Waals surface area (Å²) in [6.07, 6.45) is 0.875. The number of hydrogen-bond donors (Lipinski definition) is 0. The summed E-state index contributed by atoms with van der Waals surface area (Å²) >= 11 is 0. The molecule has 0 N–H and O–H groups in total. The molecule has 1 nitrogen and oxygen atoms in total. The molecular weight excluding hydrogens is 172 g/mol. The van der Waals surface area contributed by atoms with Crippen molar-refractivity contribution in [1.29, 1.82) is 0 Å². The van der Waals surface area contributed by atoms with E-state index >= 15 is 0 Å². The van der Waals surface area contributed by atoms with Gasteiger partial charge in [0.05, 0.1) is 0 Å². The smallest absolute Gasteiger partial charge is 0.168 e. The zero-order valence-electron chi connectivity index (χ0n) is 9.42. The second kappa shape index (κ2) is 3.95. The molecule has 0 aliphatic rings. The number of carbonyl (C=O) groups excluding carboxylic acids is 1. The van der Waals surface area contributed by atoms with Gasteiger partial charge in [-0.25, -0.2) is 0 Å². The maximum Gasteiger partial charge on any atom is 0.168 e. The number of Topliss-reactive ketones (excluding diaryl/α,β-unsaturated/α-hetero) is 1. The lowest BCUT2D eigenvalue weighted by Crippen LogP contribution is -2.23. The Labute approximate surface area is 86.1 Å². The molecular formula is C13H18O. The summed E-state index contributed by atoms with van der Waals surface area (Å²) in [7, 11) is 0. The average molecular weight is 190 g/mol. The molecule has 0 unspecified atom stereocenters. The molecule has 0 fully saturated rings. The van der Waals surface area contributed by atoms with Crippen LogP contribution in [0.25, 0.3) is 0 Å². The Morgan fingerprint density at radius 1 is 1.36 bits per heavy atom. The lowest BCUT2D eigenvalue weighted by Gasteiger charge is -2.20. The molecule has 0 saturated heterocycles. The Kier molecular flexibility index (Phi) is 3.10. The van der Waals surface area contributed by atoms with Gasteiger partial charge in [-0.05, 0) is 19.4 Å². The second-order valence-corrected chi connectivity index (χ2v) is 4.44. The van der Waals surface area contributed by atoms with Gasteiger partial charge in [0, 0.05) is 11.0 Å². The molecule has 1 heteroatoms. The first kappa shape index (κ1) is 11.0. The lowest BCUT2D eigenvalue weighted by atomic mass is 9.82. The third kappa shape index (κ3) is 2.22. The van der Waals surface area contributed by atoms with Gasteiger partial charge in [-0.15, -0.1) is 0 Å². The van der Waals surface area contributed by atoms with Crippen LogP contribution in [0.5, 0.6) is 0 Å². The summed E-state index contributed by atoms with van der Waals surface area (Å²) in [6, 6.07) is 7.80. The number of aryl methyl sites for hydroxylation is 1. The first-order chi connectivity index (χ1) is 6.47. The van der Waals surface area contributed by atoms with Crippen LogP contribution >= 0.6 is 0 Å². The van der Waals surface area contributed by atoms with E-state index in [4.69, 9.17) is 0 Å². The fourth-order valence-corrected chi connectivity index (χ4v) is 1.34. The van der Waals surface area contributed by atoms with Gasteiger partial charge in [-0.2, -0.15) is 0 Å². The van der Waals surface area contributed by atoms with Crippen molar-refractivity contribution in [2.75, 3.05) is 0 Å². The fourth-order valence-electron chi connectivity index (χ4n) is 1.34. The van der Waals surface area contributed by atoms with E-state index in [1.54, 1.807) is 0 Å². The van der Waals surface area contributed by atoms with Crippen LogP contribution in [0.15, 0.2) is 24.3 Å². The monoisotopic (exact) mass is 190 g/mol. The molecule has 0 aliphatic heterocycles. The molecule has 0 aromatic heterocycles. The SMILES string of the molecule is CCC(C)(C)C(=O)c1cccc(C)c1. The number of ketones is 1. The van der Waals surface area contributed by atoms with E-state index in [1.165, 1.54) is 0 Å². The van der Waals surface area contributed by atoms with E-state index in [-0.39, 0.29) is 11.2 Å². The van der Waals surface area contributed by atoms with Crippen molar-refractivity contribution >= 4 is 5.78 Å². The van der Waals surface area contributed by atoms with Gasteiger partial charge >= 0.3 is 0 Å². The number of rotatable bonds is 3. The van der Waals surface area contributed by atoms with Crippen LogP contribution in [0.2, 0.25) is 0 Å². The van der Waals surface area contributed by atoms with Crippen LogP contribution in [0.4, 0.5) is 0 Å². The summed E-state index contributed by atoms with van der Waals surface area (Å²) in [4.78, 5) is 12.0. The van der Waals surface area contributed by atoms with Gasteiger partial charge in [0.2, 0.25) is 0 Å². The van der Waals surface area contributed by atoms with Crippen LogP contribution in [0, 0.1) is 12.3 Å². The highest BCUT2D eigenvalue weighted by Gasteiger charge is 2.26. The molecule has 76 valence electrons. The maximum atomic E-state index is 12.0. The van der Waals surface area contributed by atoms with Crippen molar-refractivity contribution in [3.63, 3.8) is 0 Å². The number of carbonyl (C=O) groups is 1. The second-order valence-electron chi connectivity index (χ2n) is 4.44. The first-order valence-corrected chi connectivity index (χ1v) is 5.09. The highest BCUT2D eigenvalue weighted by Crippen LogP contribution is 2.25. The predicted molar refractivity (Wildman–Crippen MR) is 59.6 cm³/mol. The van der Waals surface area contributed by atoms with E-state index in [9.17, 15) is 4.79 Å². The largest absolute Gasteiger partial charge is 0.294 e. The molecule has 1 rings (SSSR count). The van der Waals surface area contributed by atoms with Crippen LogP contribution in [-0.2, 0) is 0 Å². The highest BCUT2D eigenvalue weighted by molar-refractivity contribution is 6.00. The van der Waals surface area contributed by atoms with Crippen LogP contribution in [-0.4, -0.2) is 5.78 Å². The molecule has 0 spiro atoms. The molecule has 0 bridgehead atoms. The topological polar surface area (TPSA) is 17.1 Å². The van der Waals surface area contributed by atoms with Crippen molar-refractivity contribution in [1.82, 2.24) is 0 Å². The summed E-state index contributed by atoms with van der Waals surface area (Å²) in [5.41, 5.74) is 1.73. The van der Waals surface area contributed by atoms with Crippen molar-refractivity contribution in [2.45, 2.75) is 34.1 Å². The summed E-state index contributed by atoms with van der Waals surface area (Å²) in [5.74, 6) is 0.240. The van der Waals surface area contributed by atoms with Crippen molar-refractivity contribution in [3.8, 4) is 0 Å². The molecule has 0 heterocycles. The Balaban J connectivity index is 3.01. The molecule has 0 atom stereocenters. The molecule has 14 heavy (non-hydrogen) atoms. The third-order valence-corrected chi connectivity index (χ3v) is 2.78. The van der Waals surface area contributed by atoms with Crippen LogP contribution < -0.4 is 0 Å². The van der Waals surface area contributed by atoms with E-state index in [0.717, 1.165) is 17.5 Å². The van der Waals surface area contributed by atoms with Crippen molar-refractivity contribution < 1.29 is 4.79 Å². The van der Waals surface area contributed by atoms with Crippen LogP contribution in [0.3, 0.4) is 0 Å². The van der Waals surface area contributed by atoms with E-state index in [0.29, 0.717) is 0 Å². The van der Waals surface area contributed by atoms with Crippen molar-refractivity contribution in [3.05, 3.63) is 35.4 Å². The zero-order chi connectivity index (χ0) is 10.8. The van der Waals surface area contributed by atoms with Gasteiger partial charge < -0.3 is 0 Å². The van der Waals surface area contributed by atoms with Gasteiger partial charge in [0.25, 0.3) is 0 Å². The van der Waals surface area contributed by atoms with Gasteiger partial charge in [-0.3, -0.25) is 4.79 Å². The summed E-state index contributed by atoms with van der Waals surface area (Å²) < 4.78 is 0. The fraction of sp³-hybridized carbons (Fsp3) is 0.462. The minimum atomic E-state index is -0.242. The molecule has 1 aromatic rings. The maximum absolute atomic E-state index is 12.0. The number of hydrogen-bond acceptors (Lipinski definition) is 1. The summed E-state index contributed by atoms with van der Waals surface area (Å²) in [5, 5.41) is 0. The van der Waals surface area contributed by atoms with Crippen molar-refractivity contribution in [2.24, 2.45) is 5.41 Å². The standard InChI is InChI=1S/C13H18O/c1-5-13(3,4)12(14)11-8-6-7-10(2)9-11/h6-9H,5H2,1-4H3. The molecule has 0 saturated carbocycles. The molecule has 1 aromatic carbocycles. The highest BCUT2D eigenvalue weighted by atomic mass is 16.1. The number of benzene rings is 1. The van der Waals surface area contributed by atoms with Gasteiger partial charge in [0.1, 0.15) is 0 Å². The minimum absolute atomic E-state index is 0.240. The Hall–Kier alpha value is -1.11. The van der Waals surface area contributed by atoms with E-state index in [2.05, 4.69) is 0 Å². The lowest BCUT2D eigenvalue weighted by molar-refractivity contribution is 0.0833. The Morgan fingerprint density at radius 2 is 2.00 bits per heavy atom. The molecule has 0 amide bonds. The van der Waals surface area contributed by atoms with Gasteiger partial charge in [0.15, 0.2) is 5.78 Å². The van der Waals surface area contributed by atoms with Gasteiger partial charge in [-0.1, -0.05) is 44.5 Å². The van der Waals surface area contributed by atoms with Crippen LogP contribution in [0.1, 0.15) is 43.1 Å². The normalized spacial score (nSPS) is 11.4. The Bertz CT molecular complexity index is 337. The average Bonchev–Trinajstić information content (AvgIpc) is 2.16. The van der Waals surface area contributed by atoms with E-state index < -0.39 is 0 Å².